The molecule has 14 heteroatoms. The van der Waals surface area contributed by atoms with E-state index in [1.54, 1.807) is 41.4 Å². The fourth-order valence-electron chi connectivity index (χ4n) is 9.97. The Morgan fingerprint density at radius 1 is 1.05 bits per heavy atom. The highest BCUT2D eigenvalue weighted by Crippen LogP contribution is 2.52. The van der Waals surface area contributed by atoms with Crippen molar-refractivity contribution < 1.29 is 27.1 Å². The van der Waals surface area contributed by atoms with Gasteiger partial charge in [0.2, 0.25) is 5.91 Å². The molecule has 12 nitrogen and oxygen atoms in total. The molecule has 0 bridgehead atoms. The van der Waals surface area contributed by atoms with Crippen molar-refractivity contribution in [3.8, 4) is 0 Å². The summed E-state index contributed by atoms with van der Waals surface area (Å²) in [6.45, 7) is 4.53. The number of hydrogen-bond acceptors (Lipinski definition) is 9. The summed E-state index contributed by atoms with van der Waals surface area (Å²) in [6.07, 6.45) is 13.2. The summed E-state index contributed by atoms with van der Waals surface area (Å²) < 4.78 is 48.6. The Kier molecular flexibility index (Phi) is 12.3. The summed E-state index contributed by atoms with van der Waals surface area (Å²) in [7, 11) is 1.73. The van der Waals surface area contributed by atoms with Gasteiger partial charge in [0.15, 0.2) is 9.84 Å². The van der Waals surface area contributed by atoms with Gasteiger partial charge in [0.25, 0.3) is 0 Å². The van der Waals surface area contributed by atoms with Crippen LogP contribution in [0.15, 0.2) is 78.0 Å². The zero-order valence-electron chi connectivity index (χ0n) is 32.8. The van der Waals surface area contributed by atoms with Crippen LogP contribution in [0.4, 0.5) is 9.18 Å². The van der Waals surface area contributed by atoms with Gasteiger partial charge in [0.1, 0.15) is 11.1 Å². The fourth-order valence-corrected chi connectivity index (χ4v) is 11.6. The minimum absolute atomic E-state index is 0.0611. The predicted molar refractivity (Wildman–Crippen MR) is 211 cm³/mol. The molecule has 302 valence electrons. The number of nitrogens with zero attached hydrogens (tertiary/aromatic N) is 6. The lowest BCUT2D eigenvalue weighted by atomic mass is 9.58. The van der Waals surface area contributed by atoms with Gasteiger partial charge >= 0.3 is 6.09 Å². The molecule has 0 unspecified atom stereocenters. The van der Waals surface area contributed by atoms with Gasteiger partial charge in [-0.1, -0.05) is 42.0 Å². The first-order chi connectivity index (χ1) is 27.0. The molecule has 1 aromatic heterocycles. The molecule has 2 aromatic carbocycles. The number of sulfone groups is 1. The Labute approximate surface area is 330 Å². The van der Waals surface area contributed by atoms with Crippen LogP contribution in [0.3, 0.4) is 0 Å². The van der Waals surface area contributed by atoms with Crippen LogP contribution >= 0.6 is 0 Å². The molecule has 3 atom stereocenters. The Bertz CT molecular complexity index is 1940. The van der Waals surface area contributed by atoms with Crippen LogP contribution in [0.1, 0.15) is 62.0 Å². The van der Waals surface area contributed by atoms with Gasteiger partial charge < -0.3 is 24.8 Å². The lowest BCUT2D eigenvalue weighted by Crippen LogP contribution is -2.56. The Hall–Kier alpha value is -4.14. The molecule has 3 aromatic rings. The molecule has 56 heavy (non-hydrogen) atoms. The molecule has 4 aliphatic rings. The van der Waals surface area contributed by atoms with Gasteiger partial charge in [0, 0.05) is 49.9 Å². The lowest BCUT2D eigenvalue weighted by Gasteiger charge is -2.51. The maximum Gasteiger partial charge on any atom is 0.407 e. The topological polar surface area (TPSA) is 130 Å². The number of methoxy groups -OCH3 is 1. The van der Waals surface area contributed by atoms with Crippen LogP contribution < -0.4 is 5.32 Å². The maximum absolute atomic E-state index is 15.0. The standard InChI is InChI=1S/C42H56FN7O5S/c1-47(2)19-6-11-40(51)49-27-37(28-49)56(53,54)36-14-12-31(13-15-36)32-23-30(24-32)26-48-20-16-33(17-21-48)42(29-50-22-18-44-46-50,34-7-4-8-35(43)25-34)38-9-5-10-39(38)45-41(52)55-3/h4,6-8,11-15,18,22,25,30,32-33,37-39H,5,9-10,16-17,19-21,23-24,26-29H2,1-3H3,(H,45,52)/b11-6+/t30?,32?,38-,39-,42-/m0/s1. The first-order valence-electron chi connectivity index (χ1n) is 20.1. The first-order valence-corrected chi connectivity index (χ1v) is 21.6. The minimum Gasteiger partial charge on any atom is -0.453 e. The van der Waals surface area contributed by atoms with Gasteiger partial charge in [-0.3, -0.25) is 9.48 Å². The third kappa shape index (κ3) is 8.57. The number of hydrogen-bond donors (Lipinski definition) is 1. The molecule has 7 rings (SSSR count). The summed E-state index contributed by atoms with van der Waals surface area (Å²) in [4.78, 5) is 31.3. The van der Waals surface area contributed by atoms with E-state index >= 15 is 4.39 Å². The number of alkyl carbamates (subject to hydrolysis) is 1. The number of aromatic nitrogens is 3. The molecular formula is C42H56FN7O5S. The predicted octanol–water partition coefficient (Wildman–Crippen LogP) is 4.89. The monoisotopic (exact) mass is 789 g/mol. The van der Waals surface area contributed by atoms with Gasteiger partial charge in [-0.2, -0.15) is 0 Å². The van der Waals surface area contributed by atoms with Crippen LogP contribution in [0.25, 0.3) is 0 Å². The molecule has 2 aliphatic heterocycles. The van der Waals surface area contributed by atoms with Crippen molar-refractivity contribution in [2.75, 3.05) is 60.5 Å². The number of carbonyl (C=O) groups excluding carboxylic acids is 2. The number of ether oxygens (including phenoxy) is 1. The number of likely N-dealkylation sites (tertiary alicyclic amines) is 2. The van der Waals surface area contributed by atoms with Crippen LogP contribution in [0, 0.1) is 23.6 Å². The summed E-state index contributed by atoms with van der Waals surface area (Å²) in [6, 6.07) is 14.3. The van der Waals surface area contributed by atoms with E-state index in [0.29, 0.717) is 29.8 Å². The van der Waals surface area contributed by atoms with E-state index in [1.807, 2.05) is 48.1 Å². The number of likely N-dealkylation sites (N-methyl/N-ethyl adjacent to an activating group) is 1. The highest BCUT2D eigenvalue weighted by atomic mass is 32.2. The van der Waals surface area contributed by atoms with Crippen molar-refractivity contribution in [2.45, 2.75) is 79.0 Å². The fraction of sp³-hybridized carbons (Fsp3) is 0.571. The third-order valence-corrected chi connectivity index (χ3v) is 15.1. The van der Waals surface area contributed by atoms with Crippen LogP contribution in [0.2, 0.25) is 0 Å². The molecule has 0 spiro atoms. The Morgan fingerprint density at radius 2 is 1.80 bits per heavy atom. The van der Waals surface area contributed by atoms with Crippen molar-refractivity contribution in [1.29, 1.82) is 0 Å². The summed E-state index contributed by atoms with van der Waals surface area (Å²) in [5, 5.41) is 11.0. The van der Waals surface area contributed by atoms with Gasteiger partial charge in [-0.15, -0.1) is 5.10 Å². The van der Waals surface area contributed by atoms with Crippen LogP contribution in [-0.2, 0) is 31.3 Å². The van der Waals surface area contributed by atoms with Gasteiger partial charge in [0.05, 0.1) is 24.7 Å². The number of carbonyl (C=O) groups is 2. The number of rotatable bonds is 14. The summed E-state index contributed by atoms with van der Waals surface area (Å²) >= 11 is 0. The zero-order valence-corrected chi connectivity index (χ0v) is 33.6. The molecule has 0 radical (unpaired) electrons. The molecule has 2 aliphatic carbocycles. The second-order valence-corrected chi connectivity index (χ2v) is 18.9. The lowest BCUT2D eigenvalue weighted by molar-refractivity contribution is -0.129. The second-order valence-electron chi connectivity index (χ2n) is 16.7. The molecule has 2 saturated carbocycles. The molecule has 3 heterocycles. The highest BCUT2D eigenvalue weighted by molar-refractivity contribution is 7.92. The van der Waals surface area contributed by atoms with Crippen molar-refractivity contribution in [2.24, 2.45) is 17.8 Å². The Morgan fingerprint density at radius 3 is 2.46 bits per heavy atom. The van der Waals surface area contributed by atoms with Crippen molar-refractivity contribution in [1.82, 2.24) is 35.0 Å². The summed E-state index contributed by atoms with van der Waals surface area (Å²) in [5.74, 6) is 0.849. The molecular weight excluding hydrogens is 734 g/mol. The molecule has 4 fully saturated rings. The normalized spacial score (nSPS) is 24.8. The van der Waals surface area contributed by atoms with Crippen molar-refractivity contribution in [3.05, 3.63) is 90.0 Å². The molecule has 2 saturated heterocycles. The smallest absolute Gasteiger partial charge is 0.407 e. The van der Waals surface area contributed by atoms with E-state index < -0.39 is 26.6 Å². The second kappa shape index (κ2) is 17.2. The summed E-state index contributed by atoms with van der Waals surface area (Å²) in [5.41, 5.74) is 1.64. The van der Waals surface area contributed by atoms with E-state index in [-0.39, 0.29) is 42.7 Å². The average Bonchev–Trinajstić information content (AvgIpc) is 3.84. The zero-order chi connectivity index (χ0) is 39.5. The number of nitrogens with one attached hydrogen (secondary N) is 1. The molecule has 1 N–H and O–H groups in total. The SMILES string of the molecule is COC(=O)N[C@H]1CCC[C@@H]1[C@](Cn1ccnn1)(c1cccc(F)c1)C1CCN(CC2CC(c3ccc(S(=O)(=O)C4CN(C(=O)/C=C/CN(C)C)C4)cc3)C2)CC1. The van der Waals surface area contributed by atoms with E-state index in [1.165, 1.54) is 24.8 Å². The largest absolute Gasteiger partial charge is 0.453 e. The van der Waals surface area contributed by atoms with Gasteiger partial charge in [-0.05, 0) is 125 Å². The van der Waals surface area contributed by atoms with Gasteiger partial charge in [-0.25, -0.2) is 17.6 Å². The van der Waals surface area contributed by atoms with Crippen molar-refractivity contribution in [3.63, 3.8) is 0 Å². The number of halogens is 1. The third-order valence-electron chi connectivity index (χ3n) is 13.0. The molecule has 2 amide bonds. The average molecular weight is 790 g/mol. The number of benzene rings is 2. The maximum atomic E-state index is 15.0. The van der Waals surface area contributed by atoms with E-state index in [2.05, 4.69) is 20.5 Å². The Balaban J connectivity index is 0.960. The van der Waals surface area contributed by atoms with Crippen LogP contribution in [0.5, 0.6) is 0 Å². The number of amides is 2. The van der Waals surface area contributed by atoms with E-state index in [0.717, 1.165) is 70.1 Å². The van der Waals surface area contributed by atoms with E-state index in [4.69, 9.17) is 4.74 Å². The van der Waals surface area contributed by atoms with E-state index in [9.17, 15) is 18.0 Å². The highest BCUT2D eigenvalue weighted by Gasteiger charge is 2.52. The quantitative estimate of drug-likeness (QED) is 0.227. The minimum atomic E-state index is -3.51. The van der Waals surface area contributed by atoms with Crippen molar-refractivity contribution >= 4 is 21.8 Å². The van der Waals surface area contributed by atoms with Crippen LogP contribution in [-0.4, -0.2) is 122 Å². The first kappa shape index (κ1) is 40.1. The number of piperidine rings is 1.